The zero-order valence-electron chi connectivity index (χ0n) is 22.8. The lowest BCUT2D eigenvalue weighted by Gasteiger charge is -2.48. The summed E-state index contributed by atoms with van der Waals surface area (Å²) in [7, 11) is -3.76. The fourth-order valence-electron chi connectivity index (χ4n) is 5.38. The van der Waals surface area contributed by atoms with Crippen LogP contribution in [0.4, 0.5) is 5.82 Å². The van der Waals surface area contributed by atoms with Crippen LogP contribution in [0.3, 0.4) is 0 Å². The van der Waals surface area contributed by atoms with Gasteiger partial charge in [0.1, 0.15) is 18.0 Å². The molecule has 4 atom stereocenters. The normalized spacial score (nSPS) is 21.6. The number of carbonyl (C=O) groups excluding carboxylic acids is 1. The van der Waals surface area contributed by atoms with Gasteiger partial charge in [-0.2, -0.15) is 0 Å². The summed E-state index contributed by atoms with van der Waals surface area (Å²) in [6.07, 6.45) is 0.368. The van der Waals surface area contributed by atoms with E-state index in [1.54, 1.807) is 65.6 Å². The number of carboxylic acids is 1. The fraction of sp³-hybridized carbons (Fsp3) is 0.367. The van der Waals surface area contributed by atoms with Crippen molar-refractivity contribution in [3.63, 3.8) is 0 Å². The Morgan fingerprint density at radius 2 is 1.81 bits per heavy atom. The molecule has 12 heteroatoms. The summed E-state index contributed by atoms with van der Waals surface area (Å²) in [5.74, 6) is -1.46. The van der Waals surface area contributed by atoms with Gasteiger partial charge in [0.15, 0.2) is 0 Å². The lowest BCUT2D eigenvalue weighted by atomic mass is 9.89. The van der Waals surface area contributed by atoms with Crippen molar-refractivity contribution in [2.45, 2.75) is 62.1 Å². The van der Waals surface area contributed by atoms with Crippen molar-refractivity contribution in [1.29, 1.82) is 0 Å². The Morgan fingerprint density at radius 3 is 2.40 bits per heavy atom. The first-order valence-corrected chi connectivity index (χ1v) is 16.0. The number of pyridine rings is 1. The monoisotopic (exact) mass is 631 g/mol. The van der Waals surface area contributed by atoms with Crippen LogP contribution in [0.2, 0.25) is 10.0 Å². The van der Waals surface area contributed by atoms with E-state index in [1.165, 1.54) is 10.5 Å². The Labute approximate surface area is 255 Å². The van der Waals surface area contributed by atoms with Crippen LogP contribution >= 0.6 is 23.2 Å². The number of nitrogens with zero attached hydrogens (tertiary/aromatic N) is 3. The second kappa shape index (κ2) is 12.6. The largest absolute Gasteiger partial charge is 0.481 e. The molecule has 0 radical (unpaired) electrons. The van der Waals surface area contributed by atoms with Crippen molar-refractivity contribution in [2.75, 3.05) is 10.8 Å². The maximum Gasteiger partial charge on any atom is 0.306 e. The van der Waals surface area contributed by atoms with E-state index in [0.29, 0.717) is 40.4 Å². The molecule has 2 aliphatic rings. The highest BCUT2D eigenvalue weighted by molar-refractivity contribution is 7.93. The number of sulfonamides is 1. The molecule has 1 saturated carbocycles. The van der Waals surface area contributed by atoms with Gasteiger partial charge in [-0.15, -0.1) is 0 Å². The van der Waals surface area contributed by atoms with Gasteiger partial charge in [-0.1, -0.05) is 60.5 Å². The molecule has 1 aliphatic carbocycles. The van der Waals surface area contributed by atoms with Gasteiger partial charge in [-0.05, 0) is 66.8 Å². The van der Waals surface area contributed by atoms with E-state index in [0.717, 1.165) is 0 Å². The van der Waals surface area contributed by atoms with Crippen molar-refractivity contribution >= 4 is 50.9 Å². The molecule has 1 aliphatic heterocycles. The number of morpholine rings is 1. The quantitative estimate of drug-likeness (QED) is 0.290. The van der Waals surface area contributed by atoms with Crippen molar-refractivity contribution in [3.05, 3.63) is 94.1 Å². The maximum absolute atomic E-state index is 14.2. The number of aliphatic carboxylic acids is 1. The SMILES string of the molecule is CCC(CN(c1ccccn1)S(=O)(=O)C1CC1)N1C(=O)[C@@H](CC(=O)O)O[C@H](c2cccc(Cl)c2)[C@H]1c1ccc(Cl)cc1. The number of carbonyl (C=O) groups is 2. The lowest BCUT2D eigenvalue weighted by molar-refractivity contribution is -0.183. The van der Waals surface area contributed by atoms with Gasteiger partial charge >= 0.3 is 5.97 Å². The van der Waals surface area contributed by atoms with Crippen LogP contribution in [0.15, 0.2) is 72.9 Å². The van der Waals surface area contributed by atoms with Crippen molar-refractivity contribution in [3.8, 4) is 0 Å². The first-order valence-electron chi connectivity index (χ1n) is 13.7. The number of rotatable bonds is 11. The van der Waals surface area contributed by atoms with E-state index in [2.05, 4.69) is 4.98 Å². The third-order valence-corrected chi connectivity index (χ3v) is 10.3. The van der Waals surface area contributed by atoms with E-state index in [-0.39, 0.29) is 12.4 Å². The number of halogens is 2. The summed E-state index contributed by atoms with van der Waals surface area (Å²) in [5, 5.41) is 10.1. The van der Waals surface area contributed by atoms with Crippen molar-refractivity contribution in [2.24, 2.45) is 0 Å². The molecule has 0 bridgehead atoms. The number of ether oxygens (including phenoxy) is 1. The van der Waals surface area contributed by atoms with Gasteiger partial charge in [0.25, 0.3) is 5.91 Å². The number of anilines is 1. The maximum atomic E-state index is 14.2. The van der Waals surface area contributed by atoms with Gasteiger partial charge in [0, 0.05) is 16.2 Å². The first-order chi connectivity index (χ1) is 20.1. The zero-order valence-corrected chi connectivity index (χ0v) is 25.2. The zero-order chi connectivity index (χ0) is 30.0. The molecule has 1 N–H and O–H groups in total. The van der Waals surface area contributed by atoms with Gasteiger partial charge in [-0.3, -0.25) is 13.9 Å². The molecular formula is C30H31Cl2N3O6S. The molecule has 9 nitrogen and oxygen atoms in total. The van der Waals surface area contributed by atoms with E-state index in [4.69, 9.17) is 27.9 Å². The number of amides is 1. The second-order valence-electron chi connectivity index (χ2n) is 10.5. The molecule has 3 aromatic rings. The average molecular weight is 633 g/mol. The third-order valence-electron chi connectivity index (χ3n) is 7.57. The number of aromatic nitrogens is 1. The minimum atomic E-state index is -3.76. The highest BCUT2D eigenvalue weighted by Gasteiger charge is 2.49. The van der Waals surface area contributed by atoms with E-state index in [9.17, 15) is 23.1 Å². The number of carboxylic acid groups (broad SMARTS) is 1. The van der Waals surface area contributed by atoms with Crippen LogP contribution in [-0.4, -0.2) is 59.2 Å². The van der Waals surface area contributed by atoms with Crippen LogP contribution in [-0.2, 0) is 24.3 Å². The highest BCUT2D eigenvalue weighted by Crippen LogP contribution is 2.45. The molecule has 1 unspecified atom stereocenters. The van der Waals surface area contributed by atoms with E-state index < -0.39 is 57.9 Å². The molecule has 222 valence electrons. The first kappa shape index (κ1) is 30.3. The molecule has 2 aromatic carbocycles. The van der Waals surface area contributed by atoms with Crippen LogP contribution in [0.1, 0.15) is 55.9 Å². The number of hydrogen-bond donors (Lipinski definition) is 1. The minimum absolute atomic E-state index is 0.0652. The highest BCUT2D eigenvalue weighted by atomic mass is 35.5. The second-order valence-corrected chi connectivity index (χ2v) is 13.5. The van der Waals surface area contributed by atoms with Crippen molar-refractivity contribution < 1.29 is 27.9 Å². The summed E-state index contributed by atoms with van der Waals surface area (Å²) in [6.45, 7) is 1.80. The van der Waals surface area contributed by atoms with Crippen LogP contribution < -0.4 is 4.31 Å². The molecule has 1 amide bonds. The van der Waals surface area contributed by atoms with E-state index in [1.807, 2.05) is 13.0 Å². The van der Waals surface area contributed by atoms with Crippen LogP contribution in [0, 0.1) is 0 Å². The topological polar surface area (TPSA) is 117 Å². The number of hydrogen-bond acceptors (Lipinski definition) is 6. The third kappa shape index (κ3) is 6.41. The Morgan fingerprint density at radius 1 is 1.07 bits per heavy atom. The summed E-state index contributed by atoms with van der Waals surface area (Å²) in [5.41, 5.74) is 1.34. The Bertz CT molecular complexity index is 1540. The molecule has 2 fully saturated rings. The van der Waals surface area contributed by atoms with E-state index >= 15 is 0 Å². The number of benzene rings is 2. The Kier molecular flexibility index (Phi) is 9.08. The van der Waals surface area contributed by atoms with Crippen molar-refractivity contribution in [1.82, 2.24) is 9.88 Å². The molecular weight excluding hydrogens is 601 g/mol. The lowest BCUT2D eigenvalue weighted by Crippen LogP contribution is -2.58. The summed E-state index contributed by atoms with van der Waals surface area (Å²) < 4.78 is 34.9. The standard InChI is InChI=1S/C30H31Cl2N3O6S/c1-2-23(18-34(26-8-3-4-15-33-26)42(39,40)24-13-14-24)35-28(19-9-11-21(31)12-10-19)29(20-6-5-7-22(32)16-20)41-25(30(35)38)17-27(36)37/h3-12,15-16,23-25,28-29H,2,13-14,17-18H2,1H3,(H,36,37)/t23?,25-,28-,29-/m1/s1. The molecule has 0 spiro atoms. The van der Waals surface area contributed by atoms with Gasteiger partial charge in [0.2, 0.25) is 10.0 Å². The minimum Gasteiger partial charge on any atom is -0.481 e. The van der Waals surface area contributed by atoms with Gasteiger partial charge < -0.3 is 14.7 Å². The molecule has 2 heterocycles. The van der Waals surface area contributed by atoms with Crippen LogP contribution in [0.5, 0.6) is 0 Å². The summed E-state index contributed by atoms with van der Waals surface area (Å²) in [4.78, 5) is 31.9. The van der Waals surface area contributed by atoms with Gasteiger partial charge in [-0.25, -0.2) is 13.4 Å². The smallest absolute Gasteiger partial charge is 0.306 e. The molecule has 1 saturated heterocycles. The molecule has 1 aromatic heterocycles. The predicted octanol–water partition coefficient (Wildman–Crippen LogP) is 5.65. The van der Waals surface area contributed by atoms with Crippen LogP contribution in [0.25, 0.3) is 0 Å². The molecule has 42 heavy (non-hydrogen) atoms. The summed E-state index contributed by atoms with van der Waals surface area (Å²) >= 11 is 12.6. The summed E-state index contributed by atoms with van der Waals surface area (Å²) in [6, 6.07) is 17.6. The predicted molar refractivity (Wildman–Crippen MR) is 160 cm³/mol. The fourth-order valence-corrected chi connectivity index (χ4v) is 7.54. The Hall–Kier alpha value is -3.18. The van der Waals surface area contributed by atoms with Gasteiger partial charge in [0.05, 0.1) is 30.3 Å². The average Bonchev–Trinajstić information content (AvgIpc) is 3.82. The Balaban J connectivity index is 1.64. The molecule has 5 rings (SSSR count).